The van der Waals surface area contributed by atoms with E-state index in [0.29, 0.717) is 12.8 Å². The second-order valence-electron chi connectivity index (χ2n) is 6.20. The van der Waals surface area contributed by atoms with Crippen LogP contribution in [0.15, 0.2) is 30.3 Å². The summed E-state index contributed by atoms with van der Waals surface area (Å²) in [5.74, 6) is -0.498. The van der Waals surface area contributed by atoms with Crippen molar-refractivity contribution in [2.24, 2.45) is 5.92 Å². The van der Waals surface area contributed by atoms with Gasteiger partial charge in [-0.25, -0.2) is 9.59 Å². The minimum Gasteiger partial charge on any atom is -0.459 e. The first kappa shape index (κ1) is 18.3. The molecule has 0 aliphatic carbocycles. The first-order valence-electron chi connectivity index (χ1n) is 8.20. The Morgan fingerprint density at radius 3 is 2.42 bits per heavy atom. The van der Waals surface area contributed by atoms with Crippen molar-refractivity contribution in [3.05, 3.63) is 35.9 Å². The Kier molecular flexibility index (Phi) is 6.61. The summed E-state index contributed by atoms with van der Waals surface area (Å²) in [4.78, 5) is 24.2. The molecule has 132 valence electrons. The maximum absolute atomic E-state index is 12.5. The van der Waals surface area contributed by atoms with E-state index < -0.39 is 18.1 Å². The number of carbonyl (C=O) groups excluding carboxylic acids is 2. The SMILES string of the molecule is COC(=O)N[C@H](C(=O)OCc1ccccc1)C1C[C@H](C)O[C@@H](C)C1. The van der Waals surface area contributed by atoms with Gasteiger partial charge in [-0.15, -0.1) is 0 Å². The van der Waals surface area contributed by atoms with E-state index in [2.05, 4.69) is 10.1 Å². The number of rotatable bonds is 5. The summed E-state index contributed by atoms with van der Waals surface area (Å²) in [6, 6.07) is 8.70. The smallest absolute Gasteiger partial charge is 0.407 e. The van der Waals surface area contributed by atoms with E-state index in [-0.39, 0.29) is 24.7 Å². The van der Waals surface area contributed by atoms with Crippen LogP contribution in [-0.2, 0) is 25.6 Å². The van der Waals surface area contributed by atoms with Crippen molar-refractivity contribution < 1.29 is 23.8 Å². The molecule has 0 radical (unpaired) electrons. The van der Waals surface area contributed by atoms with Crippen molar-refractivity contribution in [1.82, 2.24) is 5.32 Å². The van der Waals surface area contributed by atoms with E-state index >= 15 is 0 Å². The number of hydrogen-bond donors (Lipinski definition) is 1. The molecule has 0 spiro atoms. The molecule has 6 heteroatoms. The lowest BCUT2D eigenvalue weighted by Gasteiger charge is -2.35. The van der Waals surface area contributed by atoms with Crippen LogP contribution in [0.3, 0.4) is 0 Å². The molecule has 1 aromatic carbocycles. The van der Waals surface area contributed by atoms with Gasteiger partial charge in [0.25, 0.3) is 0 Å². The molecule has 1 fully saturated rings. The fourth-order valence-electron chi connectivity index (χ4n) is 3.10. The summed E-state index contributed by atoms with van der Waals surface area (Å²) in [6.45, 7) is 4.10. The number of methoxy groups -OCH3 is 1. The third-order valence-electron chi connectivity index (χ3n) is 4.14. The lowest BCUT2D eigenvalue weighted by atomic mass is 9.86. The van der Waals surface area contributed by atoms with Crippen LogP contribution in [0.1, 0.15) is 32.3 Å². The second-order valence-corrected chi connectivity index (χ2v) is 6.20. The van der Waals surface area contributed by atoms with Gasteiger partial charge >= 0.3 is 12.1 Å². The molecule has 1 N–H and O–H groups in total. The van der Waals surface area contributed by atoms with Crippen LogP contribution in [0, 0.1) is 5.92 Å². The third-order valence-corrected chi connectivity index (χ3v) is 4.14. The predicted molar refractivity (Wildman–Crippen MR) is 88.3 cm³/mol. The van der Waals surface area contributed by atoms with Gasteiger partial charge in [-0.05, 0) is 38.2 Å². The summed E-state index contributed by atoms with van der Waals surface area (Å²) < 4.78 is 15.8. The predicted octanol–water partition coefficient (Wildman–Crippen LogP) is 2.66. The average Bonchev–Trinajstić information content (AvgIpc) is 2.57. The van der Waals surface area contributed by atoms with Gasteiger partial charge in [0.15, 0.2) is 0 Å². The van der Waals surface area contributed by atoms with Crippen LogP contribution in [0.2, 0.25) is 0 Å². The Balaban J connectivity index is 2.03. The van der Waals surface area contributed by atoms with Crippen molar-refractivity contribution in [1.29, 1.82) is 0 Å². The van der Waals surface area contributed by atoms with E-state index in [1.54, 1.807) is 0 Å². The minimum atomic E-state index is -0.741. The zero-order valence-electron chi connectivity index (χ0n) is 14.4. The zero-order valence-corrected chi connectivity index (χ0v) is 14.4. The van der Waals surface area contributed by atoms with Gasteiger partial charge in [0.05, 0.1) is 19.3 Å². The highest BCUT2D eigenvalue weighted by molar-refractivity contribution is 5.81. The number of alkyl carbamates (subject to hydrolysis) is 1. The fraction of sp³-hybridized carbons (Fsp3) is 0.556. The first-order valence-corrected chi connectivity index (χ1v) is 8.20. The van der Waals surface area contributed by atoms with Crippen molar-refractivity contribution in [2.75, 3.05) is 7.11 Å². The Bertz CT molecular complexity index is 538. The molecule has 1 aliphatic rings. The van der Waals surface area contributed by atoms with Gasteiger partial charge < -0.3 is 19.5 Å². The van der Waals surface area contributed by atoms with Crippen LogP contribution >= 0.6 is 0 Å². The summed E-state index contributed by atoms with van der Waals surface area (Å²) in [7, 11) is 1.27. The van der Waals surface area contributed by atoms with Crippen LogP contribution in [-0.4, -0.2) is 37.4 Å². The van der Waals surface area contributed by atoms with Gasteiger partial charge in [-0.2, -0.15) is 0 Å². The molecular formula is C18H25NO5. The van der Waals surface area contributed by atoms with Gasteiger partial charge in [0.1, 0.15) is 12.6 Å². The Hall–Kier alpha value is -2.08. The molecule has 2 rings (SSSR count). The molecule has 0 bridgehead atoms. The molecule has 0 saturated carbocycles. The lowest BCUT2D eigenvalue weighted by molar-refractivity contribution is -0.151. The summed E-state index contributed by atoms with van der Waals surface area (Å²) in [5, 5.41) is 2.62. The number of carbonyl (C=O) groups is 2. The normalized spacial score (nSPS) is 24.7. The summed E-state index contributed by atoms with van der Waals surface area (Å²) >= 11 is 0. The first-order chi connectivity index (χ1) is 11.5. The quantitative estimate of drug-likeness (QED) is 0.838. The molecule has 1 saturated heterocycles. The molecule has 1 aliphatic heterocycles. The molecule has 24 heavy (non-hydrogen) atoms. The zero-order chi connectivity index (χ0) is 17.5. The monoisotopic (exact) mass is 335 g/mol. The Labute approximate surface area is 142 Å². The van der Waals surface area contributed by atoms with E-state index in [0.717, 1.165) is 5.56 Å². The van der Waals surface area contributed by atoms with Gasteiger partial charge in [-0.3, -0.25) is 0 Å². The fourth-order valence-corrected chi connectivity index (χ4v) is 3.10. The maximum Gasteiger partial charge on any atom is 0.407 e. The van der Waals surface area contributed by atoms with Crippen LogP contribution in [0.5, 0.6) is 0 Å². The molecule has 0 aromatic heterocycles. The highest BCUT2D eigenvalue weighted by atomic mass is 16.5. The molecule has 0 unspecified atom stereocenters. The highest BCUT2D eigenvalue weighted by Gasteiger charge is 2.36. The van der Waals surface area contributed by atoms with Gasteiger partial charge in [0.2, 0.25) is 0 Å². The van der Waals surface area contributed by atoms with Crippen molar-refractivity contribution in [3.63, 3.8) is 0 Å². The molecule has 3 atom stereocenters. The van der Waals surface area contributed by atoms with Gasteiger partial charge in [0, 0.05) is 0 Å². The molecule has 1 amide bonds. The summed E-state index contributed by atoms with van der Waals surface area (Å²) in [5.41, 5.74) is 0.899. The number of ether oxygens (including phenoxy) is 3. The van der Waals surface area contributed by atoms with Crippen molar-refractivity contribution in [2.45, 2.75) is 51.5 Å². The highest BCUT2D eigenvalue weighted by Crippen LogP contribution is 2.28. The summed E-state index contributed by atoms with van der Waals surface area (Å²) in [6.07, 6.45) is 0.785. The molecule has 1 aromatic rings. The van der Waals surface area contributed by atoms with E-state index in [4.69, 9.17) is 9.47 Å². The molecule has 1 heterocycles. The maximum atomic E-state index is 12.5. The minimum absolute atomic E-state index is 0.0302. The third kappa shape index (κ3) is 5.23. The Morgan fingerprint density at radius 1 is 1.21 bits per heavy atom. The number of benzene rings is 1. The number of hydrogen-bond acceptors (Lipinski definition) is 5. The molecule has 6 nitrogen and oxygen atoms in total. The van der Waals surface area contributed by atoms with Crippen molar-refractivity contribution in [3.8, 4) is 0 Å². The lowest BCUT2D eigenvalue weighted by Crippen LogP contribution is -2.50. The van der Waals surface area contributed by atoms with E-state index in [1.807, 2.05) is 44.2 Å². The number of nitrogens with one attached hydrogen (secondary N) is 1. The van der Waals surface area contributed by atoms with Crippen LogP contribution < -0.4 is 5.32 Å². The van der Waals surface area contributed by atoms with Crippen LogP contribution in [0.4, 0.5) is 4.79 Å². The van der Waals surface area contributed by atoms with E-state index in [1.165, 1.54) is 7.11 Å². The van der Waals surface area contributed by atoms with E-state index in [9.17, 15) is 9.59 Å². The largest absolute Gasteiger partial charge is 0.459 e. The number of amides is 1. The standard InChI is InChI=1S/C18H25NO5/c1-12-9-15(10-13(2)24-12)16(19-18(21)22-3)17(20)23-11-14-7-5-4-6-8-14/h4-8,12-13,15-16H,9-11H2,1-3H3,(H,19,21)/t12-,13-,16-/m0/s1. The number of esters is 1. The average molecular weight is 335 g/mol. The van der Waals surface area contributed by atoms with Gasteiger partial charge in [-0.1, -0.05) is 30.3 Å². The topological polar surface area (TPSA) is 73.9 Å². The molecular weight excluding hydrogens is 310 g/mol. The van der Waals surface area contributed by atoms with Crippen LogP contribution in [0.25, 0.3) is 0 Å². The Morgan fingerprint density at radius 2 is 1.83 bits per heavy atom. The van der Waals surface area contributed by atoms with Crippen molar-refractivity contribution >= 4 is 12.1 Å². The second kappa shape index (κ2) is 8.68.